The standard InChI is InChI=1S/C28H36FN5O5/c1-16-24(15-21-20(17(2)30-27(21)37)14-22(29)18(3)31-26(36)19(4)35)32-23-6-5-7-34(28(38)25(16)23)9-8-33-10-12-39-13-11-33/h14-15,19,32,35H,2,5-13H2,1,3-4H3,(H,30,37)(H,31,36)/b20-14+,21-15-,22-18-. The average molecular weight is 542 g/mol. The largest absolute Gasteiger partial charge is 0.384 e. The van der Waals surface area contributed by atoms with Gasteiger partial charge in [-0.1, -0.05) is 6.58 Å². The smallest absolute Gasteiger partial charge is 0.256 e. The van der Waals surface area contributed by atoms with Gasteiger partial charge < -0.3 is 30.4 Å². The molecule has 10 nitrogen and oxygen atoms in total. The third-order valence-corrected chi connectivity index (χ3v) is 7.24. The first kappa shape index (κ1) is 28.5. The number of aliphatic hydroxyl groups excluding tert-OH is 1. The van der Waals surface area contributed by atoms with E-state index in [9.17, 15) is 23.9 Å². The molecular weight excluding hydrogens is 505 g/mol. The average Bonchev–Trinajstić information content (AvgIpc) is 3.28. The number of halogens is 1. The predicted molar refractivity (Wildman–Crippen MR) is 144 cm³/mol. The molecular formula is C28H36FN5O5. The predicted octanol–water partition coefficient (Wildman–Crippen LogP) is 1.70. The van der Waals surface area contributed by atoms with Crippen molar-refractivity contribution in [3.8, 4) is 0 Å². The van der Waals surface area contributed by atoms with Crippen molar-refractivity contribution < 1.29 is 28.6 Å². The SMILES string of the molecule is C=C1NC(=O)C(=C\c2[nH]c3c(c2C)C(=O)N(CCN2CCOCC2)CCC3)/C1=C/C(F)=C(\C)NC(=O)C(C)O. The summed E-state index contributed by atoms with van der Waals surface area (Å²) in [7, 11) is 0. The molecule has 0 aliphatic carbocycles. The number of amides is 3. The number of nitrogens with one attached hydrogen (secondary N) is 3. The molecule has 4 N–H and O–H groups in total. The van der Waals surface area contributed by atoms with E-state index in [0.717, 1.165) is 43.4 Å². The number of morpholine rings is 1. The van der Waals surface area contributed by atoms with Crippen LogP contribution in [0.25, 0.3) is 6.08 Å². The Morgan fingerprint density at radius 2 is 1.95 bits per heavy atom. The molecule has 3 aliphatic rings. The maximum atomic E-state index is 14.9. The van der Waals surface area contributed by atoms with Crippen molar-refractivity contribution >= 4 is 23.8 Å². The van der Waals surface area contributed by atoms with Crippen molar-refractivity contribution in [1.82, 2.24) is 25.4 Å². The van der Waals surface area contributed by atoms with Gasteiger partial charge in [0.25, 0.3) is 17.7 Å². The van der Waals surface area contributed by atoms with Crippen molar-refractivity contribution in [3.63, 3.8) is 0 Å². The second-order valence-corrected chi connectivity index (χ2v) is 10.1. The number of ether oxygens (including phenoxy) is 1. The number of allylic oxidation sites excluding steroid dienone is 4. The van der Waals surface area contributed by atoms with Gasteiger partial charge in [-0.15, -0.1) is 0 Å². The van der Waals surface area contributed by atoms with Crippen LogP contribution < -0.4 is 10.6 Å². The summed E-state index contributed by atoms with van der Waals surface area (Å²) in [5.74, 6) is -2.02. The minimum absolute atomic E-state index is 0.0383. The van der Waals surface area contributed by atoms with Gasteiger partial charge in [-0.2, -0.15) is 0 Å². The number of rotatable bonds is 7. The highest BCUT2D eigenvalue weighted by molar-refractivity contribution is 6.09. The number of nitrogens with zero attached hydrogens (tertiary/aromatic N) is 2. The molecule has 39 heavy (non-hydrogen) atoms. The Balaban J connectivity index is 1.60. The van der Waals surface area contributed by atoms with Crippen LogP contribution in [-0.2, 0) is 20.7 Å². The van der Waals surface area contributed by atoms with Crippen molar-refractivity contribution in [1.29, 1.82) is 0 Å². The van der Waals surface area contributed by atoms with E-state index >= 15 is 0 Å². The Morgan fingerprint density at radius 3 is 2.64 bits per heavy atom. The zero-order valence-corrected chi connectivity index (χ0v) is 22.7. The van der Waals surface area contributed by atoms with Gasteiger partial charge in [-0.3, -0.25) is 19.3 Å². The van der Waals surface area contributed by atoms with Crippen molar-refractivity contribution in [2.75, 3.05) is 45.9 Å². The molecule has 0 spiro atoms. The quantitative estimate of drug-likeness (QED) is 0.389. The maximum Gasteiger partial charge on any atom is 0.256 e. The second kappa shape index (κ2) is 12.1. The first-order valence-electron chi connectivity index (χ1n) is 13.2. The highest BCUT2D eigenvalue weighted by atomic mass is 19.1. The molecule has 1 atom stereocenters. The number of aromatic amines is 1. The number of fused-ring (bicyclic) bond motifs is 1. The summed E-state index contributed by atoms with van der Waals surface area (Å²) in [6.45, 7) is 13.5. The monoisotopic (exact) mass is 541 g/mol. The summed E-state index contributed by atoms with van der Waals surface area (Å²) in [5, 5.41) is 14.3. The highest BCUT2D eigenvalue weighted by Crippen LogP contribution is 2.31. The lowest BCUT2D eigenvalue weighted by molar-refractivity contribution is -0.127. The fraction of sp³-hybridized carbons (Fsp3) is 0.464. The summed E-state index contributed by atoms with van der Waals surface area (Å²) in [6.07, 6.45) is 2.93. The number of carbonyl (C=O) groups is 3. The third-order valence-electron chi connectivity index (χ3n) is 7.24. The zero-order chi connectivity index (χ0) is 28.3. The number of aryl methyl sites for hydroxylation is 1. The van der Waals surface area contributed by atoms with Gasteiger partial charge in [-0.25, -0.2) is 4.39 Å². The molecule has 210 valence electrons. The molecule has 0 radical (unpaired) electrons. The maximum absolute atomic E-state index is 14.9. The van der Waals surface area contributed by atoms with Crippen LogP contribution in [0.4, 0.5) is 4.39 Å². The van der Waals surface area contributed by atoms with Crippen molar-refractivity contribution in [2.24, 2.45) is 0 Å². The van der Waals surface area contributed by atoms with Crippen LogP contribution in [-0.4, -0.2) is 89.7 Å². The van der Waals surface area contributed by atoms with E-state index in [4.69, 9.17) is 4.74 Å². The summed E-state index contributed by atoms with van der Waals surface area (Å²) in [4.78, 5) is 45.5. The van der Waals surface area contributed by atoms with Gasteiger partial charge in [-0.05, 0) is 51.3 Å². The topological polar surface area (TPSA) is 127 Å². The Hall–Kier alpha value is -3.54. The lowest BCUT2D eigenvalue weighted by Crippen LogP contribution is -2.43. The third kappa shape index (κ3) is 6.38. The van der Waals surface area contributed by atoms with E-state index in [2.05, 4.69) is 27.1 Å². The van der Waals surface area contributed by atoms with Crippen LogP contribution in [0.1, 0.15) is 47.6 Å². The fourth-order valence-corrected chi connectivity index (χ4v) is 4.90. The Kier molecular flexibility index (Phi) is 8.83. The minimum Gasteiger partial charge on any atom is -0.384 e. The number of hydrogen-bond acceptors (Lipinski definition) is 6. The zero-order valence-electron chi connectivity index (χ0n) is 22.7. The van der Waals surface area contributed by atoms with E-state index in [0.29, 0.717) is 44.0 Å². The molecule has 0 aromatic carbocycles. The lowest BCUT2D eigenvalue weighted by Gasteiger charge is -2.29. The van der Waals surface area contributed by atoms with Crippen molar-refractivity contribution in [2.45, 2.75) is 39.7 Å². The first-order chi connectivity index (χ1) is 18.6. The van der Waals surface area contributed by atoms with E-state index in [-0.39, 0.29) is 28.4 Å². The molecule has 3 aliphatic heterocycles. The van der Waals surface area contributed by atoms with Crippen LogP contribution in [0.5, 0.6) is 0 Å². The van der Waals surface area contributed by atoms with E-state index in [1.807, 2.05) is 11.8 Å². The molecule has 0 saturated carbocycles. The fourth-order valence-electron chi connectivity index (χ4n) is 4.90. The van der Waals surface area contributed by atoms with Gasteiger partial charge in [0.05, 0.1) is 30.0 Å². The van der Waals surface area contributed by atoms with Crippen LogP contribution >= 0.6 is 0 Å². The van der Waals surface area contributed by atoms with Gasteiger partial charge in [0.1, 0.15) is 11.9 Å². The number of aliphatic hydroxyl groups is 1. The molecule has 2 fully saturated rings. The molecule has 3 amide bonds. The minimum atomic E-state index is -1.30. The molecule has 1 unspecified atom stereocenters. The molecule has 4 rings (SSSR count). The Bertz CT molecular complexity index is 1270. The van der Waals surface area contributed by atoms with E-state index in [1.165, 1.54) is 13.8 Å². The number of hydrogen-bond donors (Lipinski definition) is 4. The second-order valence-electron chi connectivity index (χ2n) is 10.1. The first-order valence-corrected chi connectivity index (χ1v) is 13.2. The number of H-pyrrole nitrogens is 1. The summed E-state index contributed by atoms with van der Waals surface area (Å²) in [6, 6.07) is 0. The van der Waals surface area contributed by atoms with Crippen LogP contribution in [0.3, 0.4) is 0 Å². The number of aromatic nitrogens is 1. The molecule has 11 heteroatoms. The Labute approximate surface area is 227 Å². The van der Waals surface area contributed by atoms with Gasteiger partial charge in [0.2, 0.25) is 0 Å². The molecule has 0 bridgehead atoms. The highest BCUT2D eigenvalue weighted by Gasteiger charge is 2.30. The molecule has 2 saturated heterocycles. The molecule has 4 heterocycles. The van der Waals surface area contributed by atoms with Crippen LogP contribution in [0.15, 0.2) is 41.0 Å². The van der Waals surface area contributed by atoms with Crippen LogP contribution in [0, 0.1) is 6.92 Å². The Morgan fingerprint density at radius 1 is 1.23 bits per heavy atom. The van der Waals surface area contributed by atoms with Gasteiger partial charge in [0.15, 0.2) is 0 Å². The van der Waals surface area contributed by atoms with Gasteiger partial charge >= 0.3 is 0 Å². The molecule has 1 aromatic rings. The van der Waals surface area contributed by atoms with Crippen molar-refractivity contribution in [3.05, 3.63) is 63.5 Å². The summed E-state index contributed by atoms with van der Waals surface area (Å²) in [5.41, 5.74) is 3.28. The van der Waals surface area contributed by atoms with Gasteiger partial charge in [0, 0.05) is 55.4 Å². The summed E-state index contributed by atoms with van der Waals surface area (Å²) < 4.78 is 20.3. The molecule has 1 aromatic heterocycles. The van der Waals surface area contributed by atoms with E-state index < -0.39 is 23.7 Å². The lowest BCUT2D eigenvalue weighted by atomic mass is 10.0. The number of carbonyl (C=O) groups excluding carboxylic acids is 3. The summed E-state index contributed by atoms with van der Waals surface area (Å²) >= 11 is 0. The normalized spacial score (nSPS) is 22.1. The van der Waals surface area contributed by atoms with E-state index in [1.54, 1.807) is 6.08 Å². The van der Waals surface area contributed by atoms with Crippen LogP contribution in [0.2, 0.25) is 0 Å².